The lowest BCUT2D eigenvalue weighted by Gasteiger charge is -2.10. The number of halogens is 1. The van der Waals surface area contributed by atoms with Gasteiger partial charge in [0, 0.05) is 16.3 Å². The predicted molar refractivity (Wildman–Crippen MR) is 84.0 cm³/mol. The molecule has 0 aliphatic rings. The van der Waals surface area contributed by atoms with E-state index >= 15 is 0 Å². The summed E-state index contributed by atoms with van der Waals surface area (Å²) in [4.78, 5) is 2.37. The van der Waals surface area contributed by atoms with Crippen LogP contribution < -0.4 is 5.32 Å². The SMILES string of the molecule is CCCNCc1ccccc1Sc1ccccc1Cl. The molecule has 0 saturated heterocycles. The zero-order valence-electron chi connectivity index (χ0n) is 11.0. The molecule has 0 bridgehead atoms. The molecule has 1 N–H and O–H groups in total. The average molecular weight is 292 g/mol. The van der Waals surface area contributed by atoms with E-state index in [0.29, 0.717) is 0 Å². The highest BCUT2D eigenvalue weighted by Crippen LogP contribution is 2.34. The van der Waals surface area contributed by atoms with Gasteiger partial charge >= 0.3 is 0 Å². The molecule has 0 atom stereocenters. The van der Waals surface area contributed by atoms with E-state index in [9.17, 15) is 0 Å². The number of rotatable bonds is 6. The predicted octanol–water partition coefficient (Wildman–Crippen LogP) is 4.99. The molecule has 0 spiro atoms. The van der Waals surface area contributed by atoms with Crippen molar-refractivity contribution in [3.05, 3.63) is 59.1 Å². The van der Waals surface area contributed by atoms with Crippen LogP contribution in [0.5, 0.6) is 0 Å². The zero-order chi connectivity index (χ0) is 13.5. The highest BCUT2D eigenvalue weighted by atomic mass is 35.5. The zero-order valence-corrected chi connectivity index (χ0v) is 12.6. The molecule has 0 heterocycles. The third-order valence-corrected chi connectivity index (χ3v) is 4.41. The van der Waals surface area contributed by atoms with Crippen LogP contribution in [-0.4, -0.2) is 6.54 Å². The van der Waals surface area contributed by atoms with E-state index in [4.69, 9.17) is 11.6 Å². The largest absolute Gasteiger partial charge is 0.313 e. The van der Waals surface area contributed by atoms with Gasteiger partial charge in [-0.15, -0.1) is 0 Å². The first-order chi connectivity index (χ1) is 9.31. The van der Waals surface area contributed by atoms with Crippen LogP contribution >= 0.6 is 23.4 Å². The molecule has 0 aromatic heterocycles. The summed E-state index contributed by atoms with van der Waals surface area (Å²) < 4.78 is 0. The maximum Gasteiger partial charge on any atom is 0.0545 e. The molecule has 2 rings (SSSR count). The number of benzene rings is 2. The minimum absolute atomic E-state index is 0.809. The smallest absolute Gasteiger partial charge is 0.0545 e. The van der Waals surface area contributed by atoms with E-state index in [-0.39, 0.29) is 0 Å². The van der Waals surface area contributed by atoms with Crippen LogP contribution in [-0.2, 0) is 6.54 Å². The molecule has 0 radical (unpaired) electrons. The minimum Gasteiger partial charge on any atom is -0.313 e. The van der Waals surface area contributed by atoms with Gasteiger partial charge in [0.25, 0.3) is 0 Å². The summed E-state index contributed by atoms with van der Waals surface area (Å²) >= 11 is 7.94. The third-order valence-electron chi connectivity index (χ3n) is 2.77. The molecule has 0 unspecified atom stereocenters. The monoisotopic (exact) mass is 291 g/mol. The fraction of sp³-hybridized carbons (Fsp3) is 0.250. The maximum atomic E-state index is 6.22. The molecule has 2 aromatic rings. The molecule has 0 saturated carbocycles. The molecule has 3 heteroatoms. The third kappa shape index (κ3) is 4.27. The number of hydrogen-bond donors (Lipinski definition) is 1. The van der Waals surface area contributed by atoms with Gasteiger partial charge in [0.1, 0.15) is 0 Å². The van der Waals surface area contributed by atoms with Crippen LogP contribution in [0.2, 0.25) is 5.02 Å². The van der Waals surface area contributed by atoms with E-state index in [0.717, 1.165) is 29.4 Å². The summed E-state index contributed by atoms with van der Waals surface area (Å²) in [5.41, 5.74) is 1.32. The minimum atomic E-state index is 0.809. The van der Waals surface area contributed by atoms with Crippen molar-refractivity contribution in [1.29, 1.82) is 0 Å². The Morgan fingerprint density at radius 3 is 2.42 bits per heavy atom. The first-order valence-corrected chi connectivity index (χ1v) is 7.71. The summed E-state index contributed by atoms with van der Waals surface area (Å²) in [6.07, 6.45) is 1.15. The fourth-order valence-electron chi connectivity index (χ4n) is 1.80. The van der Waals surface area contributed by atoms with Gasteiger partial charge in [-0.2, -0.15) is 0 Å². The van der Waals surface area contributed by atoms with Crippen molar-refractivity contribution in [3.8, 4) is 0 Å². The van der Waals surface area contributed by atoms with Gasteiger partial charge < -0.3 is 5.32 Å². The second-order valence-electron chi connectivity index (χ2n) is 4.32. The summed E-state index contributed by atoms with van der Waals surface area (Å²) in [6, 6.07) is 16.4. The molecule has 0 amide bonds. The van der Waals surface area contributed by atoms with Gasteiger partial charge in [-0.05, 0) is 36.7 Å². The number of hydrogen-bond acceptors (Lipinski definition) is 2. The summed E-state index contributed by atoms with van der Waals surface area (Å²) in [5.74, 6) is 0. The van der Waals surface area contributed by atoms with Crippen molar-refractivity contribution in [2.75, 3.05) is 6.54 Å². The van der Waals surface area contributed by atoms with Crippen LogP contribution in [0.1, 0.15) is 18.9 Å². The van der Waals surface area contributed by atoms with Crippen LogP contribution in [0.4, 0.5) is 0 Å². The maximum absolute atomic E-state index is 6.22. The Morgan fingerprint density at radius 2 is 1.68 bits per heavy atom. The standard InChI is InChI=1S/C16H18ClNS/c1-2-11-18-12-13-7-3-5-9-15(13)19-16-10-6-4-8-14(16)17/h3-10,18H,2,11-12H2,1H3. The van der Waals surface area contributed by atoms with Crippen LogP contribution in [0.3, 0.4) is 0 Å². The molecule has 0 aliphatic heterocycles. The summed E-state index contributed by atoms with van der Waals surface area (Å²) in [5, 5.41) is 4.25. The molecular weight excluding hydrogens is 274 g/mol. The van der Waals surface area contributed by atoms with Crippen molar-refractivity contribution in [2.24, 2.45) is 0 Å². The van der Waals surface area contributed by atoms with E-state index in [2.05, 4.69) is 42.6 Å². The number of nitrogens with one attached hydrogen (secondary N) is 1. The second-order valence-corrected chi connectivity index (χ2v) is 5.81. The van der Waals surface area contributed by atoms with Crippen molar-refractivity contribution < 1.29 is 0 Å². The molecule has 19 heavy (non-hydrogen) atoms. The van der Waals surface area contributed by atoms with Crippen molar-refractivity contribution in [2.45, 2.75) is 29.7 Å². The average Bonchev–Trinajstić information content (AvgIpc) is 2.43. The Labute approximate surface area is 124 Å². The van der Waals surface area contributed by atoms with Crippen molar-refractivity contribution in [3.63, 3.8) is 0 Å². The quantitative estimate of drug-likeness (QED) is 0.753. The van der Waals surface area contributed by atoms with E-state index in [1.165, 1.54) is 10.5 Å². The van der Waals surface area contributed by atoms with E-state index in [1.807, 2.05) is 18.2 Å². The molecule has 2 aromatic carbocycles. The second kappa shape index (κ2) is 7.59. The van der Waals surface area contributed by atoms with Gasteiger partial charge in [0.2, 0.25) is 0 Å². The Morgan fingerprint density at radius 1 is 1.00 bits per heavy atom. The summed E-state index contributed by atoms with van der Waals surface area (Å²) in [6.45, 7) is 4.13. The highest BCUT2D eigenvalue weighted by molar-refractivity contribution is 7.99. The van der Waals surface area contributed by atoms with Crippen LogP contribution in [0.15, 0.2) is 58.3 Å². The highest BCUT2D eigenvalue weighted by Gasteiger charge is 2.06. The van der Waals surface area contributed by atoms with Gasteiger partial charge in [-0.3, -0.25) is 0 Å². The lowest BCUT2D eigenvalue weighted by atomic mass is 10.2. The lowest BCUT2D eigenvalue weighted by Crippen LogP contribution is -2.14. The Balaban J connectivity index is 2.13. The molecule has 0 aliphatic carbocycles. The van der Waals surface area contributed by atoms with E-state index in [1.54, 1.807) is 11.8 Å². The van der Waals surface area contributed by atoms with Gasteiger partial charge in [-0.25, -0.2) is 0 Å². The van der Waals surface area contributed by atoms with Crippen molar-refractivity contribution in [1.82, 2.24) is 5.32 Å². The normalized spacial score (nSPS) is 10.6. The first-order valence-electron chi connectivity index (χ1n) is 6.52. The lowest BCUT2D eigenvalue weighted by molar-refractivity contribution is 0.669. The first kappa shape index (κ1) is 14.4. The summed E-state index contributed by atoms with van der Waals surface area (Å²) in [7, 11) is 0. The Kier molecular flexibility index (Phi) is 5.77. The topological polar surface area (TPSA) is 12.0 Å². The Bertz CT molecular complexity index is 528. The van der Waals surface area contributed by atoms with Crippen LogP contribution in [0, 0.1) is 0 Å². The fourth-order valence-corrected chi connectivity index (χ4v) is 3.01. The van der Waals surface area contributed by atoms with Gasteiger partial charge in [0.15, 0.2) is 0 Å². The van der Waals surface area contributed by atoms with E-state index < -0.39 is 0 Å². The van der Waals surface area contributed by atoms with Crippen molar-refractivity contribution >= 4 is 23.4 Å². The molecule has 100 valence electrons. The Hall–Kier alpha value is -0.960. The molecular formula is C16H18ClNS. The van der Waals surface area contributed by atoms with Gasteiger partial charge in [0.05, 0.1) is 5.02 Å². The molecule has 0 fully saturated rings. The van der Waals surface area contributed by atoms with Crippen LogP contribution in [0.25, 0.3) is 0 Å². The molecule has 1 nitrogen and oxygen atoms in total. The van der Waals surface area contributed by atoms with Gasteiger partial charge in [-0.1, -0.05) is 60.6 Å².